The van der Waals surface area contributed by atoms with Gasteiger partial charge in [-0.25, -0.2) is 4.79 Å². The molecule has 0 aliphatic heterocycles. The predicted octanol–water partition coefficient (Wildman–Crippen LogP) is 1.88. The maximum Gasteiger partial charge on any atom is 0.337 e. The molecule has 1 heterocycles. The van der Waals surface area contributed by atoms with Crippen LogP contribution in [0.15, 0.2) is 29.4 Å². The lowest BCUT2D eigenvalue weighted by atomic mass is 10.2. The van der Waals surface area contributed by atoms with Gasteiger partial charge >= 0.3 is 5.97 Å². The van der Waals surface area contributed by atoms with Crippen LogP contribution in [-0.2, 0) is 17.1 Å². The van der Waals surface area contributed by atoms with Gasteiger partial charge in [-0.15, -0.1) is 0 Å². The average molecular weight is 330 g/mol. The van der Waals surface area contributed by atoms with Gasteiger partial charge in [0.1, 0.15) is 0 Å². The molecular weight excluding hydrogens is 318 g/mol. The lowest BCUT2D eigenvalue weighted by Crippen LogP contribution is -2.17. The van der Waals surface area contributed by atoms with Gasteiger partial charge in [-0.05, 0) is 25.1 Å². The first-order chi connectivity index (χ1) is 9.72. The number of hydrogen-bond donors (Lipinski definition) is 2. The molecule has 2 rings (SSSR count). The van der Waals surface area contributed by atoms with Gasteiger partial charge in [0.05, 0.1) is 22.5 Å². The van der Waals surface area contributed by atoms with E-state index in [0.29, 0.717) is 5.56 Å². The van der Waals surface area contributed by atoms with Crippen molar-refractivity contribution in [1.29, 1.82) is 0 Å². The van der Waals surface area contributed by atoms with E-state index in [1.807, 2.05) is 0 Å². The molecule has 2 N–H and O–H groups in total. The number of carbonyl (C=O) groups is 1. The van der Waals surface area contributed by atoms with Crippen LogP contribution < -0.4 is 4.72 Å². The average Bonchev–Trinajstić information content (AvgIpc) is 2.68. The largest absolute Gasteiger partial charge is 0.478 e. The molecule has 0 atom stereocenters. The molecular formula is C12H12ClN3O4S. The van der Waals surface area contributed by atoms with Crippen LogP contribution in [0.25, 0.3) is 0 Å². The molecule has 0 radical (unpaired) electrons. The molecule has 0 saturated carbocycles. The first-order valence-corrected chi connectivity index (χ1v) is 7.63. The standard InChI is InChI=1S/C12H12ClN3O4S/c1-7-6-14-16(2)11(7)21(19,20)15-8-3-4-9(12(17)18)10(13)5-8/h3-6,15H,1-2H3,(H,17,18). The zero-order chi connectivity index (χ0) is 15.8. The molecule has 112 valence electrons. The van der Waals surface area contributed by atoms with Crippen molar-refractivity contribution in [3.63, 3.8) is 0 Å². The highest BCUT2D eigenvalue weighted by Gasteiger charge is 2.22. The summed E-state index contributed by atoms with van der Waals surface area (Å²) in [6.45, 7) is 1.63. The molecule has 2 aromatic rings. The van der Waals surface area contributed by atoms with Crippen molar-refractivity contribution in [3.05, 3.63) is 40.5 Å². The second-order valence-corrected chi connectivity index (χ2v) is 6.37. The summed E-state index contributed by atoms with van der Waals surface area (Å²) in [4.78, 5) is 10.9. The number of aromatic carboxylic acids is 1. The number of rotatable bonds is 4. The van der Waals surface area contributed by atoms with E-state index in [4.69, 9.17) is 16.7 Å². The monoisotopic (exact) mass is 329 g/mol. The van der Waals surface area contributed by atoms with Crippen molar-refractivity contribution in [2.24, 2.45) is 7.05 Å². The van der Waals surface area contributed by atoms with Crippen molar-refractivity contribution >= 4 is 33.3 Å². The Hall–Kier alpha value is -2.06. The van der Waals surface area contributed by atoms with Crippen molar-refractivity contribution in [2.75, 3.05) is 4.72 Å². The molecule has 0 bridgehead atoms. The van der Waals surface area contributed by atoms with Gasteiger partial charge in [0.15, 0.2) is 5.03 Å². The maximum atomic E-state index is 12.3. The molecule has 9 heteroatoms. The molecule has 1 aromatic carbocycles. The highest BCUT2D eigenvalue weighted by molar-refractivity contribution is 7.92. The molecule has 0 saturated heterocycles. The number of hydrogen-bond acceptors (Lipinski definition) is 4. The lowest BCUT2D eigenvalue weighted by Gasteiger charge is -2.10. The second-order valence-electron chi connectivity index (χ2n) is 4.36. The van der Waals surface area contributed by atoms with E-state index >= 15 is 0 Å². The molecule has 0 amide bonds. The number of carboxylic acids is 1. The number of aromatic nitrogens is 2. The Morgan fingerprint density at radius 1 is 1.43 bits per heavy atom. The van der Waals surface area contributed by atoms with E-state index in [1.165, 1.54) is 36.1 Å². The van der Waals surface area contributed by atoms with Gasteiger partial charge in [0, 0.05) is 12.6 Å². The van der Waals surface area contributed by atoms with E-state index in [1.54, 1.807) is 6.92 Å². The van der Waals surface area contributed by atoms with Crippen LogP contribution in [0.4, 0.5) is 5.69 Å². The number of nitrogens with one attached hydrogen (secondary N) is 1. The summed E-state index contributed by atoms with van der Waals surface area (Å²) in [7, 11) is -2.32. The summed E-state index contributed by atoms with van der Waals surface area (Å²) in [5, 5.41) is 12.7. The predicted molar refractivity (Wildman–Crippen MR) is 77.2 cm³/mol. The highest BCUT2D eigenvalue weighted by atomic mass is 35.5. The number of halogens is 1. The summed E-state index contributed by atoms with van der Waals surface area (Å²) in [5.41, 5.74) is 0.570. The van der Waals surface area contributed by atoms with E-state index in [2.05, 4.69) is 9.82 Å². The topological polar surface area (TPSA) is 101 Å². The van der Waals surface area contributed by atoms with Gasteiger partial charge in [-0.1, -0.05) is 11.6 Å². The third kappa shape index (κ3) is 3.01. The Morgan fingerprint density at radius 3 is 2.57 bits per heavy atom. The number of carboxylic acid groups (broad SMARTS) is 1. The fourth-order valence-corrected chi connectivity index (χ4v) is 3.54. The Kier molecular flexibility index (Phi) is 3.93. The molecule has 0 unspecified atom stereocenters. The summed E-state index contributed by atoms with van der Waals surface area (Å²) in [6, 6.07) is 3.81. The summed E-state index contributed by atoms with van der Waals surface area (Å²) >= 11 is 5.81. The van der Waals surface area contributed by atoms with E-state index in [0.717, 1.165) is 0 Å². The van der Waals surface area contributed by atoms with E-state index in [-0.39, 0.29) is 21.3 Å². The van der Waals surface area contributed by atoms with Crippen LogP contribution in [0.1, 0.15) is 15.9 Å². The fraction of sp³-hybridized carbons (Fsp3) is 0.167. The molecule has 7 nitrogen and oxygen atoms in total. The number of benzene rings is 1. The third-order valence-electron chi connectivity index (χ3n) is 2.76. The minimum absolute atomic E-state index is 0.0286. The molecule has 1 aromatic heterocycles. The Morgan fingerprint density at radius 2 is 2.10 bits per heavy atom. The number of sulfonamides is 1. The Bertz CT molecular complexity index is 794. The highest BCUT2D eigenvalue weighted by Crippen LogP contribution is 2.24. The van der Waals surface area contributed by atoms with Crippen molar-refractivity contribution in [3.8, 4) is 0 Å². The van der Waals surface area contributed by atoms with Crippen LogP contribution in [-0.4, -0.2) is 29.3 Å². The van der Waals surface area contributed by atoms with Crippen LogP contribution in [0, 0.1) is 6.92 Å². The van der Waals surface area contributed by atoms with Crippen LogP contribution in [0.3, 0.4) is 0 Å². The third-order valence-corrected chi connectivity index (χ3v) is 4.67. The minimum Gasteiger partial charge on any atom is -0.478 e. The van der Waals surface area contributed by atoms with Crippen molar-refractivity contribution in [1.82, 2.24) is 9.78 Å². The first kappa shape index (κ1) is 15.3. The summed E-state index contributed by atoms with van der Waals surface area (Å²) in [6.07, 6.45) is 1.44. The van der Waals surface area contributed by atoms with Gasteiger partial charge in [0.2, 0.25) is 0 Å². The summed E-state index contributed by atoms with van der Waals surface area (Å²) in [5.74, 6) is -1.18. The fourth-order valence-electron chi connectivity index (χ4n) is 1.88. The van der Waals surface area contributed by atoms with Gasteiger partial charge in [-0.3, -0.25) is 9.40 Å². The van der Waals surface area contributed by atoms with E-state index in [9.17, 15) is 13.2 Å². The Labute approximate surface area is 126 Å². The smallest absolute Gasteiger partial charge is 0.337 e. The van der Waals surface area contributed by atoms with Gasteiger partial charge < -0.3 is 5.11 Å². The normalized spacial score (nSPS) is 11.4. The van der Waals surface area contributed by atoms with Crippen molar-refractivity contribution in [2.45, 2.75) is 11.9 Å². The number of aryl methyl sites for hydroxylation is 2. The van der Waals surface area contributed by atoms with Gasteiger partial charge in [0.25, 0.3) is 10.0 Å². The zero-order valence-corrected chi connectivity index (χ0v) is 12.7. The van der Waals surface area contributed by atoms with Crippen LogP contribution >= 0.6 is 11.6 Å². The second kappa shape index (κ2) is 5.38. The number of anilines is 1. The molecule has 0 spiro atoms. The lowest BCUT2D eigenvalue weighted by molar-refractivity contribution is 0.0697. The van der Waals surface area contributed by atoms with E-state index < -0.39 is 16.0 Å². The molecule has 0 fully saturated rings. The molecule has 21 heavy (non-hydrogen) atoms. The van der Waals surface area contributed by atoms with Crippen LogP contribution in [0.2, 0.25) is 5.02 Å². The zero-order valence-electron chi connectivity index (χ0n) is 11.2. The first-order valence-electron chi connectivity index (χ1n) is 5.76. The Balaban J connectivity index is 2.38. The van der Waals surface area contributed by atoms with Crippen LogP contribution in [0.5, 0.6) is 0 Å². The van der Waals surface area contributed by atoms with Crippen molar-refractivity contribution < 1.29 is 18.3 Å². The quantitative estimate of drug-likeness (QED) is 0.891. The minimum atomic E-state index is -3.84. The van der Waals surface area contributed by atoms with Gasteiger partial charge in [-0.2, -0.15) is 13.5 Å². The molecule has 0 aliphatic carbocycles. The summed E-state index contributed by atoms with van der Waals surface area (Å²) < 4.78 is 28.2. The maximum absolute atomic E-state index is 12.3. The SMILES string of the molecule is Cc1cnn(C)c1S(=O)(=O)Nc1ccc(C(=O)O)c(Cl)c1. The molecule has 0 aliphatic rings. The number of nitrogens with zero attached hydrogens (tertiary/aromatic N) is 2.